The molecular formula is C37H40O6. The molecule has 0 aliphatic carbocycles. The lowest BCUT2D eigenvalue weighted by molar-refractivity contribution is -0.273. The van der Waals surface area contributed by atoms with E-state index < -0.39 is 24.4 Å². The number of hydrogen-bond donors (Lipinski definition) is 0. The molecule has 1 heterocycles. The molecule has 224 valence electrons. The lowest BCUT2D eigenvalue weighted by atomic mass is 9.92. The SMILES string of the molecule is O=CCC[C@H]1O[C@H](COCc2ccccc2)[C@@H](OCc2ccccc2)[C@H](OCc2ccccc2)[C@@H]1OCc1ccccc1. The third-order valence-electron chi connectivity index (χ3n) is 7.55. The maximum Gasteiger partial charge on any atom is 0.120 e. The van der Waals surface area contributed by atoms with Gasteiger partial charge in [0, 0.05) is 6.42 Å². The van der Waals surface area contributed by atoms with E-state index in [-0.39, 0.29) is 6.10 Å². The van der Waals surface area contributed by atoms with E-state index in [4.69, 9.17) is 23.7 Å². The van der Waals surface area contributed by atoms with Gasteiger partial charge in [-0.25, -0.2) is 0 Å². The normalized spacial score (nSPS) is 21.8. The molecule has 4 aromatic rings. The van der Waals surface area contributed by atoms with E-state index in [9.17, 15) is 4.79 Å². The van der Waals surface area contributed by atoms with E-state index in [1.807, 2.05) is 121 Å². The van der Waals surface area contributed by atoms with Crippen molar-refractivity contribution in [2.24, 2.45) is 0 Å². The third kappa shape index (κ3) is 9.42. The highest BCUT2D eigenvalue weighted by molar-refractivity contribution is 5.49. The predicted octanol–water partition coefficient (Wildman–Crippen LogP) is 6.71. The second-order valence-corrected chi connectivity index (χ2v) is 10.7. The summed E-state index contributed by atoms with van der Waals surface area (Å²) in [6, 6.07) is 40.3. The predicted molar refractivity (Wildman–Crippen MR) is 165 cm³/mol. The summed E-state index contributed by atoms with van der Waals surface area (Å²) < 4.78 is 32.8. The molecule has 1 aliphatic heterocycles. The molecule has 0 bridgehead atoms. The van der Waals surface area contributed by atoms with E-state index in [2.05, 4.69) is 0 Å². The Hall–Kier alpha value is -3.65. The van der Waals surface area contributed by atoms with Crippen molar-refractivity contribution in [3.63, 3.8) is 0 Å². The fourth-order valence-electron chi connectivity index (χ4n) is 5.35. The summed E-state index contributed by atoms with van der Waals surface area (Å²) in [6.45, 7) is 1.93. The smallest absolute Gasteiger partial charge is 0.120 e. The van der Waals surface area contributed by atoms with Gasteiger partial charge in [-0.15, -0.1) is 0 Å². The van der Waals surface area contributed by atoms with Crippen LogP contribution < -0.4 is 0 Å². The Labute approximate surface area is 254 Å². The summed E-state index contributed by atoms with van der Waals surface area (Å²) in [5, 5.41) is 0. The largest absolute Gasteiger partial charge is 0.374 e. The lowest BCUT2D eigenvalue weighted by Gasteiger charge is -2.46. The van der Waals surface area contributed by atoms with Crippen LogP contribution in [0.15, 0.2) is 121 Å². The Balaban J connectivity index is 1.41. The van der Waals surface area contributed by atoms with Crippen LogP contribution in [0.1, 0.15) is 35.1 Å². The van der Waals surface area contributed by atoms with Crippen molar-refractivity contribution in [3.8, 4) is 0 Å². The Morgan fingerprint density at radius 3 is 1.35 bits per heavy atom. The summed E-state index contributed by atoms with van der Waals surface area (Å²) in [7, 11) is 0. The minimum absolute atomic E-state index is 0.308. The Kier molecular flexibility index (Phi) is 12.1. The molecule has 0 radical (unpaired) electrons. The van der Waals surface area contributed by atoms with Crippen molar-refractivity contribution in [2.75, 3.05) is 6.61 Å². The van der Waals surface area contributed by atoms with E-state index in [1.165, 1.54) is 0 Å². The second kappa shape index (κ2) is 16.8. The standard InChI is InChI=1S/C37H40O6/c38-23-13-22-33-35(40-25-30-16-7-2-8-17-30)37(42-27-32-20-11-4-12-21-32)36(41-26-31-18-9-3-10-19-31)34(43-33)28-39-24-29-14-5-1-6-15-29/h1-12,14-21,23,33-37H,13,22,24-28H2/t33-,34-,35-,36-,37-/m1/s1. The molecule has 4 aromatic carbocycles. The van der Waals surface area contributed by atoms with Crippen molar-refractivity contribution in [1.29, 1.82) is 0 Å². The van der Waals surface area contributed by atoms with Crippen LogP contribution in [0.2, 0.25) is 0 Å². The van der Waals surface area contributed by atoms with Gasteiger partial charge in [0.2, 0.25) is 0 Å². The maximum absolute atomic E-state index is 11.5. The van der Waals surface area contributed by atoms with Crippen LogP contribution in [0.25, 0.3) is 0 Å². The molecule has 0 N–H and O–H groups in total. The molecule has 6 nitrogen and oxygen atoms in total. The Morgan fingerprint density at radius 2 is 0.907 bits per heavy atom. The van der Waals surface area contributed by atoms with Gasteiger partial charge in [0.25, 0.3) is 0 Å². The lowest BCUT2D eigenvalue weighted by Crippen LogP contribution is -2.61. The van der Waals surface area contributed by atoms with Gasteiger partial charge in [-0.1, -0.05) is 121 Å². The number of carbonyl (C=O) groups is 1. The minimum atomic E-state index is -0.479. The first kappa shape index (κ1) is 30.8. The average Bonchev–Trinajstić information content (AvgIpc) is 3.07. The van der Waals surface area contributed by atoms with E-state index >= 15 is 0 Å². The molecule has 1 aliphatic rings. The molecule has 5 rings (SSSR count). The van der Waals surface area contributed by atoms with Gasteiger partial charge in [-0.2, -0.15) is 0 Å². The molecule has 1 saturated heterocycles. The number of hydrogen-bond acceptors (Lipinski definition) is 6. The Bertz CT molecular complexity index is 1320. The van der Waals surface area contributed by atoms with Crippen molar-refractivity contribution < 1.29 is 28.5 Å². The summed E-state index contributed by atoms with van der Waals surface area (Å²) in [5.74, 6) is 0. The second-order valence-electron chi connectivity index (χ2n) is 10.7. The molecule has 1 fully saturated rings. The topological polar surface area (TPSA) is 63.2 Å². The van der Waals surface area contributed by atoms with Crippen LogP contribution in [0.4, 0.5) is 0 Å². The zero-order valence-electron chi connectivity index (χ0n) is 24.4. The monoisotopic (exact) mass is 580 g/mol. The molecule has 0 amide bonds. The third-order valence-corrected chi connectivity index (χ3v) is 7.55. The first-order valence-electron chi connectivity index (χ1n) is 15.0. The number of aldehydes is 1. The van der Waals surface area contributed by atoms with Crippen LogP contribution in [0.5, 0.6) is 0 Å². The first-order chi connectivity index (χ1) is 21.3. The van der Waals surface area contributed by atoms with Gasteiger partial charge >= 0.3 is 0 Å². The highest BCUT2D eigenvalue weighted by Gasteiger charge is 2.48. The van der Waals surface area contributed by atoms with Gasteiger partial charge in [0.1, 0.15) is 30.7 Å². The molecular weight excluding hydrogens is 540 g/mol. The summed E-state index contributed by atoms with van der Waals surface area (Å²) in [6.07, 6.45) is -0.427. The van der Waals surface area contributed by atoms with Crippen LogP contribution in [0, 0.1) is 0 Å². The quantitative estimate of drug-likeness (QED) is 0.137. The van der Waals surface area contributed by atoms with Crippen LogP contribution >= 0.6 is 0 Å². The molecule has 0 aromatic heterocycles. The molecule has 43 heavy (non-hydrogen) atoms. The highest BCUT2D eigenvalue weighted by atomic mass is 16.6. The molecule has 0 unspecified atom stereocenters. The van der Waals surface area contributed by atoms with Gasteiger partial charge in [0.15, 0.2) is 0 Å². The molecule has 6 heteroatoms. The van der Waals surface area contributed by atoms with Gasteiger partial charge in [-0.3, -0.25) is 0 Å². The summed E-state index contributed by atoms with van der Waals surface area (Å²) in [4.78, 5) is 11.5. The van der Waals surface area contributed by atoms with Crippen molar-refractivity contribution in [2.45, 2.75) is 69.8 Å². The first-order valence-corrected chi connectivity index (χ1v) is 15.0. The van der Waals surface area contributed by atoms with E-state index in [0.29, 0.717) is 45.9 Å². The fourth-order valence-corrected chi connectivity index (χ4v) is 5.35. The summed E-state index contributed by atoms with van der Waals surface area (Å²) in [5.41, 5.74) is 4.24. The number of carbonyl (C=O) groups excluding carboxylic acids is 1. The fraction of sp³-hybridized carbons (Fsp3) is 0.324. The molecule has 0 saturated carbocycles. The molecule has 0 spiro atoms. The average molecular weight is 581 g/mol. The van der Waals surface area contributed by atoms with E-state index in [0.717, 1.165) is 28.5 Å². The Morgan fingerprint density at radius 1 is 0.512 bits per heavy atom. The summed E-state index contributed by atoms with van der Waals surface area (Å²) >= 11 is 0. The van der Waals surface area contributed by atoms with Crippen molar-refractivity contribution in [3.05, 3.63) is 144 Å². The number of benzene rings is 4. The van der Waals surface area contributed by atoms with Gasteiger partial charge in [0.05, 0.1) is 39.1 Å². The number of ether oxygens (including phenoxy) is 5. The molecule has 5 atom stereocenters. The number of rotatable bonds is 16. The highest BCUT2D eigenvalue weighted by Crippen LogP contribution is 2.32. The van der Waals surface area contributed by atoms with Crippen molar-refractivity contribution in [1.82, 2.24) is 0 Å². The van der Waals surface area contributed by atoms with E-state index in [1.54, 1.807) is 0 Å². The van der Waals surface area contributed by atoms with Crippen LogP contribution in [-0.2, 0) is 54.9 Å². The minimum Gasteiger partial charge on any atom is -0.374 e. The maximum atomic E-state index is 11.5. The zero-order chi connectivity index (χ0) is 29.5. The zero-order valence-corrected chi connectivity index (χ0v) is 24.4. The van der Waals surface area contributed by atoms with Crippen molar-refractivity contribution >= 4 is 6.29 Å². The van der Waals surface area contributed by atoms with Gasteiger partial charge in [-0.05, 0) is 28.7 Å². The van der Waals surface area contributed by atoms with Gasteiger partial charge < -0.3 is 28.5 Å². The van der Waals surface area contributed by atoms with Crippen LogP contribution in [-0.4, -0.2) is 43.4 Å². The van der Waals surface area contributed by atoms with Crippen LogP contribution in [0.3, 0.4) is 0 Å².